The first-order valence-electron chi connectivity index (χ1n) is 11.7. The van der Waals surface area contributed by atoms with Crippen molar-refractivity contribution in [3.8, 4) is 16.9 Å². The van der Waals surface area contributed by atoms with Crippen molar-refractivity contribution in [2.75, 3.05) is 41.3 Å². The van der Waals surface area contributed by atoms with E-state index in [1.807, 2.05) is 64.6 Å². The quantitative estimate of drug-likeness (QED) is 0.282. The van der Waals surface area contributed by atoms with Crippen molar-refractivity contribution in [2.24, 2.45) is 0 Å². The average Bonchev–Trinajstić information content (AvgIpc) is 2.77. The zero-order valence-electron chi connectivity index (χ0n) is 21.3. The fourth-order valence-corrected chi connectivity index (χ4v) is 3.92. The van der Waals surface area contributed by atoms with Gasteiger partial charge in [-0.05, 0) is 89.1 Å². The highest BCUT2D eigenvalue weighted by molar-refractivity contribution is 6.07. The summed E-state index contributed by atoms with van der Waals surface area (Å²) in [4.78, 5) is 17.1. The minimum absolute atomic E-state index is 0.0170. The highest BCUT2D eigenvalue weighted by Crippen LogP contribution is 2.29. The average molecular weight is 457 g/mol. The van der Waals surface area contributed by atoms with Crippen LogP contribution in [0.3, 0.4) is 0 Å². The summed E-state index contributed by atoms with van der Waals surface area (Å²) in [5.41, 5.74) is 7.43. The molecule has 3 aromatic rings. The number of carbonyl (C=O) groups excluding carboxylic acids is 1. The lowest BCUT2D eigenvalue weighted by molar-refractivity contribution is 0.104. The van der Waals surface area contributed by atoms with Crippen LogP contribution in [0.5, 0.6) is 5.75 Å². The molecule has 0 aliphatic carbocycles. The number of hydrogen-bond donors (Lipinski definition) is 0. The van der Waals surface area contributed by atoms with Crippen LogP contribution in [-0.4, -0.2) is 56.9 Å². The van der Waals surface area contributed by atoms with Crippen LogP contribution in [0.4, 0.5) is 0 Å². The van der Waals surface area contributed by atoms with E-state index < -0.39 is 0 Å². The Hall–Kier alpha value is -3.21. The van der Waals surface area contributed by atoms with Gasteiger partial charge in [-0.15, -0.1) is 0 Å². The minimum atomic E-state index is -0.0170. The zero-order valence-corrected chi connectivity index (χ0v) is 21.3. The molecule has 0 spiro atoms. The van der Waals surface area contributed by atoms with E-state index in [1.54, 1.807) is 6.08 Å². The van der Waals surface area contributed by atoms with Gasteiger partial charge in [-0.1, -0.05) is 53.6 Å². The molecule has 3 aromatic carbocycles. The number of hydrogen-bond acceptors (Lipinski definition) is 4. The van der Waals surface area contributed by atoms with Crippen LogP contribution in [0.1, 0.15) is 32.6 Å². The van der Waals surface area contributed by atoms with Gasteiger partial charge in [-0.25, -0.2) is 0 Å². The molecule has 0 aliphatic rings. The van der Waals surface area contributed by atoms with Crippen molar-refractivity contribution < 1.29 is 9.53 Å². The molecule has 0 amide bonds. The Labute approximate surface area is 204 Å². The van der Waals surface area contributed by atoms with Crippen LogP contribution in [0.15, 0.2) is 66.7 Å². The summed E-state index contributed by atoms with van der Waals surface area (Å²) in [6.07, 6.45) is 3.52. The molecule has 0 bridgehead atoms. The molecule has 0 aliphatic heterocycles. The number of rotatable bonds is 10. The summed E-state index contributed by atoms with van der Waals surface area (Å²) in [5, 5.41) is 0. The molecule has 0 aromatic heterocycles. The van der Waals surface area contributed by atoms with E-state index in [1.165, 1.54) is 11.1 Å². The van der Waals surface area contributed by atoms with Crippen LogP contribution in [0.25, 0.3) is 17.2 Å². The first kappa shape index (κ1) is 25.4. The fourth-order valence-electron chi connectivity index (χ4n) is 3.92. The van der Waals surface area contributed by atoms with Crippen LogP contribution in [0, 0.1) is 13.8 Å². The number of carbonyl (C=O) groups is 1. The Morgan fingerprint density at radius 1 is 0.853 bits per heavy atom. The molecule has 0 atom stereocenters. The number of benzene rings is 3. The van der Waals surface area contributed by atoms with Crippen molar-refractivity contribution in [1.82, 2.24) is 9.80 Å². The van der Waals surface area contributed by atoms with Gasteiger partial charge in [0.25, 0.3) is 0 Å². The number of likely N-dealkylation sites (N-methyl/N-ethyl adjacent to an activating group) is 1. The third-order valence-electron chi connectivity index (χ3n) is 5.49. The normalized spacial score (nSPS) is 11.5. The van der Waals surface area contributed by atoms with Gasteiger partial charge in [-0.3, -0.25) is 4.79 Å². The van der Waals surface area contributed by atoms with Crippen LogP contribution >= 0.6 is 0 Å². The summed E-state index contributed by atoms with van der Waals surface area (Å²) < 4.78 is 6.08. The standard InChI is InChI=1S/C30H36N2O2/c1-22-16-23(2)18-28(17-22)25-11-13-30(34-15-14-31(3)4)27(20-25)10-12-29(33)26-9-7-8-24(19-26)21-32(5)6/h7-13,16-20H,14-15,21H2,1-6H3. The largest absolute Gasteiger partial charge is 0.492 e. The van der Waals surface area contributed by atoms with Gasteiger partial charge in [0.2, 0.25) is 0 Å². The number of allylic oxidation sites excluding steroid dienone is 1. The van der Waals surface area contributed by atoms with Gasteiger partial charge < -0.3 is 14.5 Å². The van der Waals surface area contributed by atoms with Crippen molar-refractivity contribution in [3.05, 3.63) is 94.6 Å². The second kappa shape index (κ2) is 11.8. The number of nitrogens with zero attached hydrogens (tertiary/aromatic N) is 2. The fraction of sp³-hybridized carbons (Fsp3) is 0.300. The van der Waals surface area contributed by atoms with E-state index in [9.17, 15) is 4.79 Å². The third-order valence-corrected chi connectivity index (χ3v) is 5.49. The lowest BCUT2D eigenvalue weighted by atomic mass is 9.98. The highest BCUT2D eigenvalue weighted by atomic mass is 16.5. The Balaban J connectivity index is 1.91. The molecule has 3 rings (SSSR count). The van der Waals surface area contributed by atoms with Gasteiger partial charge >= 0.3 is 0 Å². The zero-order chi connectivity index (χ0) is 24.7. The molecule has 178 valence electrons. The maximum absolute atomic E-state index is 13.0. The van der Waals surface area contributed by atoms with E-state index in [0.717, 1.165) is 41.1 Å². The summed E-state index contributed by atoms with van der Waals surface area (Å²) in [6.45, 7) is 6.42. The van der Waals surface area contributed by atoms with Crippen molar-refractivity contribution >= 4 is 11.9 Å². The predicted octanol–water partition coefficient (Wildman–Crippen LogP) is 5.87. The number of ketones is 1. The van der Waals surface area contributed by atoms with Gasteiger partial charge in [0, 0.05) is 24.2 Å². The van der Waals surface area contributed by atoms with Crippen LogP contribution < -0.4 is 4.74 Å². The number of aryl methyl sites for hydroxylation is 2. The van der Waals surface area contributed by atoms with Crippen molar-refractivity contribution in [2.45, 2.75) is 20.4 Å². The summed E-state index contributed by atoms with van der Waals surface area (Å²) >= 11 is 0. The molecule has 0 radical (unpaired) electrons. The van der Waals surface area contributed by atoms with Crippen molar-refractivity contribution in [3.63, 3.8) is 0 Å². The summed E-state index contributed by atoms with van der Waals surface area (Å²) in [7, 11) is 8.09. The maximum atomic E-state index is 13.0. The van der Waals surface area contributed by atoms with E-state index in [4.69, 9.17) is 4.74 Å². The Bertz CT molecular complexity index is 1140. The monoisotopic (exact) mass is 456 g/mol. The Morgan fingerprint density at radius 3 is 2.26 bits per heavy atom. The predicted molar refractivity (Wildman–Crippen MR) is 143 cm³/mol. The van der Waals surface area contributed by atoms with E-state index in [2.05, 4.69) is 54.0 Å². The molecule has 0 fully saturated rings. The lowest BCUT2D eigenvalue weighted by Gasteiger charge is -2.14. The molecular weight excluding hydrogens is 420 g/mol. The molecule has 0 unspecified atom stereocenters. The van der Waals surface area contributed by atoms with Gasteiger partial charge in [-0.2, -0.15) is 0 Å². The Kier molecular flexibility index (Phi) is 8.80. The highest BCUT2D eigenvalue weighted by Gasteiger charge is 2.09. The lowest BCUT2D eigenvalue weighted by Crippen LogP contribution is -2.19. The molecule has 0 saturated carbocycles. The van der Waals surface area contributed by atoms with E-state index in [-0.39, 0.29) is 5.78 Å². The van der Waals surface area contributed by atoms with Gasteiger partial charge in [0.15, 0.2) is 5.78 Å². The summed E-state index contributed by atoms with van der Waals surface area (Å²) in [6, 6.07) is 20.6. The maximum Gasteiger partial charge on any atom is 0.185 e. The van der Waals surface area contributed by atoms with Gasteiger partial charge in [0.1, 0.15) is 12.4 Å². The minimum Gasteiger partial charge on any atom is -0.492 e. The topological polar surface area (TPSA) is 32.8 Å². The van der Waals surface area contributed by atoms with E-state index in [0.29, 0.717) is 12.2 Å². The molecule has 4 nitrogen and oxygen atoms in total. The van der Waals surface area contributed by atoms with Crippen molar-refractivity contribution in [1.29, 1.82) is 0 Å². The molecule has 0 saturated heterocycles. The molecule has 4 heteroatoms. The summed E-state index contributed by atoms with van der Waals surface area (Å²) in [5.74, 6) is 0.761. The second-order valence-corrected chi connectivity index (χ2v) is 9.42. The molecule has 0 N–H and O–H groups in total. The third kappa shape index (κ3) is 7.41. The Morgan fingerprint density at radius 2 is 1.59 bits per heavy atom. The smallest absolute Gasteiger partial charge is 0.185 e. The first-order valence-corrected chi connectivity index (χ1v) is 11.7. The van der Waals surface area contributed by atoms with Gasteiger partial charge in [0.05, 0.1) is 0 Å². The first-order chi connectivity index (χ1) is 16.2. The van der Waals surface area contributed by atoms with Crippen LogP contribution in [0.2, 0.25) is 0 Å². The molecule has 34 heavy (non-hydrogen) atoms. The second-order valence-electron chi connectivity index (χ2n) is 9.42. The molecule has 0 heterocycles. The number of ether oxygens (including phenoxy) is 1. The SMILES string of the molecule is Cc1cc(C)cc(-c2ccc(OCCN(C)C)c(C=CC(=O)c3cccc(CN(C)C)c3)c2)c1. The van der Waals surface area contributed by atoms with Crippen LogP contribution in [-0.2, 0) is 6.54 Å². The molecular formula is C30H36N2O2. The van der Waals surface area contributed by atoms with E-state index >= 15 is 0 Å².